The first-order valence-electron chi connectivity index (χ1n) is 6.88. The third-order valence-corrected chi connectivity index (χ3v) is 3.98. The van der Waals surface area contributed by atoms with Gasteiger partial charge in [0.05, 0.1) is 25.0 Å². The normalized spacial score (nSPS) is 17.4. The van der Waals surface area contributed by atoms with E-state index in [1.165, 1.54) is 0 Å². The Labute approximate surface area is 120 Å². The van der Waals surface area contributed by atoms with Gasteiger partial charge in [-0.25, -0.2) is 0 Å². The van der Waals surface area contributed by atoms with Gasteiger partial charge < -0.3 is 9.64 Å². The first-order valence-corrected chi connectivity index (χ1v) is 6.88. The van der Waals surface area contributed by atoms with Crippen molar-refractivity contribution in [1.82, 2.24) is 4.90 Å². The van der Waals surface area contributed by atoms with Gasteiger partial charge in [-0.3, -0.25) is 4.79 Å². The summed E-state index contributed by atoms with van der Waals surface area (Å²) >= 11 is 0. The average Bonchev–Trinajstić information content (AvgIpc) is 2.48. The highest BCUT2D eigenvalue weighted by Gasteiger charge is 2.31. The highest BCUT2D eigenvalue weighted by atomic mass is 16.5. The summed E-state index contributed by atoms with van der Waals surface area (Å²) in [6, 6.07) is 9.94. The Balaban J connectivity index is 1.94. The van der Waals surface area contributed by atoms with Crippen molar-refractivity contribution in [3.63, 3.8) is 0 Å². The van der Waals surface area contributed by atoms with Crippen molar-refractivity contribution >= 4 is 5.91 Å². The fraction of sp³-hybridized carbons (Fsp3) is 0.500. The van der Waals surface area contributed by atoms with Crippen LogP contribution in [-0.4, -0.2) is 31.0 Å². The topological polar surface area (TPSA) is 53.3 Å². The van der Waals surface area contributed by atoms with Gasteiger partial charge in [0.2, 0.25) is 5.91 Å². The number of hydrogen-bond acceptors (Lipinski definition) is 3. The van der Waals surface area contributed by atoms with Crippen LogP contribution in [0.4, 0.5) is 0 Å². The summed E-state index contributed by atoms with van der Waals surface area (Å²) in [5.74, 6) is 0.893. The molecule has 0 aromatic heterocycles. The van der Waals surface area contributed by atoms with E-state index in [0.29, 0.717) is 19.5 Å². The smallest absolute Gasteiger partial charge is 0.226 e. The van der Waals surface area contributed by atoms with Crippen molar-refractivity contribution in [2.24, 2.45) is 5.41 Å². The molecular formula is C16H20N2O2. The molecule has 2 rings (SSSR count). The highest BCUT2D eigenvalue weighted by Crippen LogP contribution is 2.30. The molecule has 1 amide bonds. The number of likely N-dealkylation sites (tertiary alicyclic amines) is 1. The van der Waals surface area contributed by atoms with Crippen LogP contribution < -0.4 is 4.74 Å². The van der Waals surface area contributed by atoms with Crippen LogP contribution in [0.1, 0.15) is 25.3 Å². The molecule has 0 aliphatic carbocycles. The van der Waals surface area contributed by atoms with Gasteiger partial charge in [-0.05, 0) is 37.5 Å². The van der Waals surface area contributed by atoms with Gasteiger partial charge in [0, 0.05) is 13.1 Å². The second-order valence-electron chi connectivity index (χ2n) is 5.58. The number of nitriles is 1. The lowest BCUT2D eigenvalue weighted by atomic mass is 9.82. The van der Waals surface area contributed by atoms with Crippen LogP contribution in [0.3, 0.4) is 0 Å². The molecule has 1 heterocycles. The van der Waals surface area contributed by atoms with Crippen molar-refractivity contribution in [2.75, 3.05) is 20.2 Å². The van der Waals surface area contributed by atoms with Crippen LogP contribution in [0.5, 0.6) is 5.75 Å². The van der Waals surface area contributed by atoms with Crippen LogP contribution >= 0.6 is 0 Å². The van der Waals surface area contributed by atoms with E-state index in [0.717, 1.165) is 24.2 Å². The number of nitrogens with zero attached hydrogens (tertiary/aromatic N) is 2. The Morgan fingerprint density at radius 2 is 2.15 bits per heavy atom. The number of ether oxygens (including phenoxy) is 1. The number of carbonyl (C=O) groups is 1. The zero-order chi connectivity index (χ0) is 14.6. The van der Waals surface area contributed by atoms with E-state index in [9.17, 15) is 4.79 Å². The number of rotatable bonds is 3. The molecule has 1 aliphatic rings. The fourth-order valence-corrected chi connectivity index (χ4v) is 2.43. The van der Waals surface area contributed by atoms with Crippen molar-refractivity contribution in [3.8, 4) is 11.8 Å². The summed E-state index contributed by atoms with van der Waals surface area (Å²) in [5, 5.41) is 9.10. The number of methoxy groups -OCH3 is 1. The van der Waals surface area contributed by atoms with Gasteiger partial charge in [0.25, 0.3) is 0 Å². The Morgan fingerprint density at radius 3 is 2.75 bits per heavy atom. The summed E-state index contributed by atoms with van der Waals surface area (Å²) < 4.78 is 5.16. The van der Waals surface area contributed by atoms with E-state index >= 15 is 0 Å². The molecule has 0 radical (unpaired) electrons. The Bertz CT molecular complexity index is 526. The van der Waals surface area contributed by atoms with Crippen molar-refractivity contribution in [2.45, 2.75) is 26.2 Å². The van der Waals surface area contributed by atoms with E-state index in [-0.39, 0.29) is 11.3 Å². The molecule has 4 heteroatoms. The van der Waals surface area contributed by atoms with E-state index in [1.807, 2.05) is 36.1 Å². The average molecular weight is 272 g/mol. The second kappa shape index (κ2) is 5.96. The zero-order valence-electron chi connectivity index (χ0n) is 12.1. The van der Waals surface area contributed by atoms with Crippen LogP contribution in [0.25, 0.3) is 0 Å². The Morgan fingerprint density at radius 1 is 1.45 bits per heavy atom. The minimum atomic E-state index is -0.271. The van der Waals surface area contributed by atoms with Gasteiger partial charge in [-0.1, -0.05) is 12.1 Å². The lowest BCUT2D eigenvalue weighted by Gasteiger charge is -2.35. The maximum atomic E-state index is 12.3. The van der Waals surface area contributed by atoms with Gasteiger partial charge >= 0.3 is 0 Å². The lowest BCUT2D eigenvalue weighted by Crippen LogP contribution is -2.42. The van der Waals surface area contributed by atoms with Crippen LogP contribution in [0, 0.1) is 16.7 Å². The molecule has 0 N–H and O–H groups in total. The summed E-state index contributed by atoms with van der Waals surface area (Å²) in [4.78, 5) is 14.1. The maximum absolute atomic E-state index is 12.3. The predicted molar refractivity (Wildman–Crippen MR) is 76.2 cm³/mol. The summed E-state index contributed by atoms with van der Waals surface area (Å²) in [5.41, 5.74) is 0.690. The quantitative estimate of drug-likeness (QED) is 0.849. The third kappa shape index (κ3) is 3.30. The number of benzene rings is 1. The summed E-state index contributed by atoms with van der Waals surface area (Å²) in [6.07, 6.45) is 1.90. The second-order valence-corrected chi connectivity index (χ2v) is 5.58. The van der Waals surface area contributed by atoms with Gasteiger partial charge in [0.1, 0.15) is 5.75 Å². The molecule has 0 spiro atoms. The van der Waals surface area contributed by atoms with Crippen molar-refractivity contribution in [3.05, 3.63) is 29.8 Å². The lowest BCUT2D eigenvalue weighted by molar-refractivity contribution is -0.132. The molecule has 0 saturated carbocycles. The Hall–Kier alpha value is -2.02. The molecule has 4 nitrogen and oxygen atoms in total. The van der Waals surface area contributed by atoms with E-state index in [4.69, 9.17) is 10.00 Å². The van der Waals surface area contributed by atoms with Gasteiger partial charge in [-0.2, -0.15) is 5.26 Å². The molecule has 106 valence electrons. The summed E-state index contributed by atoms with van der Waals surface area (Å²) in [6.45, 7) is 3.32. The van der Waals surface area contributed by atoms with Gasteiger partial charge in [-0.15, -0.1) is 0 Å². The van der Waals surface area contributed by atoms with E-state index < -0.39 is 0 Å². The number of hydrogen-bond donors (Lipinski definition) is 0. The molecule has 1 saturated heterocycles. The molecular weight excluding hydrogens is 252 g/mol. The summed E-state index contributed by atoms with van der Waals surface area (Å²) in [7, 11) is 1.62. The molecule has 0 atom stereocenters. The third-order valence-electron chi connectivity index (χ3n) is 3.98. The number of amides is 1. The molecule has 1 fully saturated rings. The molecule has 1 aromatic rings. The minimum Gasteiger partial charge on any atom is -0.497 e. The Kier molecular flexibility index (Phi) is 4.29. The van der Waals surface area contributed by atoms with Crippen LogP contribution in [0.15, 0.2) is 24.3 Å². The zero-order valence-corrected chi connectivity index (χ0v) is 12.1. The molecule has 0 unspecified atom stereocenters. The van der Waals surface area contributed by atoms with Crippen LogP contribution in [0.2, 0.25) is 0 Å². The van der Waals surface area contributed by atoms with Crippen molar-refractivity contribution < 1.29 is 9.53 Å². The van der Waals surface area contributed by atoms with E-state index in [1.54, 1.807) is 7.11 Å². The first-order chi connectivity index (χ1) is 9.56. The molecule has 1 aromatic carbocycles. The molecule has 20 heavy (non-hydrogen) atoms. The number of carbonyl (C=O) groups excluding carboxylic acids is 1. The SMILES string of the molecule is COc1cccc(CC(=O)N2CCC(C)(C#N)CC2)c1. The van der Waals surface area contributed by atoms with E-state index in [2.05, 4.69) is 6.07 Å². The van der Waals surface area contributed by atoms with Crippen molar-refractivity contribution in [1.29, 1.82) is 5.26 Å². The minimum absolute atomic E-state index is 0.123. The monoisotopic (exact) mass is 272 g/mol. The molecule has 1 aliphatic heterocycles. The standard InChI is InChI=1S/C16H20N2O2/c1-16(12-17)6-8-18(9-7-16)15(19)11-13-4-3-5-14(10-13)20-2/h3-5,10H,6-9,11H2,1-2H3. The largest absolute Gasteiger partial charge is 0.497 e. The predicted octanol–water partition coefficient (Wildman–Crippen LogP) is 2.39. The number of piperidine rings is 1. The van der Waals surface area contributed by atoms with Crippen LogP contribution in [-0.2, 0) is 11.2 Å². The molecule has 0 bridgehead atoms. The first kappa shape index (κ1) is 14.4. The van der Waals surface area contributed by atoms with Gasteiger partial charge in [0.15, 0.2) is 0 Å². The maximum Gasteiger partial charge on any atom is 0.226 e. The fourth-order valence-electron chi connectivity index (χ4n) is 2.43. The highest BCUT2D eigenvalue weighted by molar-refractivity contribution is 5.79.